The quantitative estimate of drug-likeness (QED) is 0.423. The van der Waals surface area contributed by atoms with E-state index < -0.39 is 0 Å². The molecule has 0 spiro atoms. The standard InChI is InChI=1S/C18H35N3O2/c1-4-22-12-10-18(8-5-6-9-18)15-20-17(19-2)21(3)13-16-7-11-23-14-16/h16H,4-15H2,1-3H3,(H,19,20). The van der Waals surface area contributed by atoms with Gasteiger partial charge in [0.25, 0.3) is 0 Å². The fourth-order valence-electron chi connectivity index (χ4n) is 3.93. The summed E-state index contributed by atoms with van der Waals surface area (Å²) in [5, 5.41) is 3.63. The van der Waals surface area contributed by atoms with Crippen LogP contribution in [0.4, 0.5) is 0 Å². The van der Waals surface area contributed by atoms with Crippen molar-refractivity contribution in [3.05, 3.63) is 0 Å². The Kier molecular flexibility index (Phi) is 7.63. The molecule has 2 aliphatic rings. The van der Waals surface area contributed by atoms with E-state index >= 15 is 0 Å². The minimum Gasteiger partial charge on any atom is -0.382 e. The van der Waals surface area contributed by atoms with Crippen LogP contribution in [0, 0.1) is 11.3 Å². The van der Waals surface area contributed by atoms with Crippen molar-refractivity contribution in [3.8, 4) is 0 Å². The summed E-state index contributed by atoms with van der Waals surface area (Å²) in [6.45, 7) is 7.60. The van der Waals surface area contributed by atoms with Crippen molar-refractivity contribution in [1.82, 2.24) is 10.2 Å². The molecule has 1 aliphatic carbocycles. The number of aliphatic imine (C=N–C) groups is 1. The van der Waals surface area contributed by atoms with Gasteiger partial charge < -0.3 is 19.7 Å². The molecule has 2 fully saturated rings. The molecule has 1 N–H and O–H groups in total. The van der Waals surface area contributed by atoms with E-state index in [1.807, 2.05) is 7.05 Å². The van der Waals surface area contributed by atoms with Crippen LogP contribution in [0.2, 0.25) is 0 Å². The molecule has 1 aliphatic heterocycles. The summed E-state index contributed by atoms with van der Waals surface area (Å²) in [4.78, 5) is 6.73. The van der Waals surface area contributed by atoms with E-state index in [0.717, 1.165) is 51.9 Å². The van der Waals surface area contributed by atoms with Crippen LogP contribution < -0.4 is 5.32 Å². The first-order valence-electron chi connectivity index (χ1n) is 9.26. The maximum Gasteiger partial charge on any atom is 0.193 e. The Morgan fingerprint density at radius 2 is 2.17 bits per heavy atom. The highest BCUT2D eigenvalue weighted by molar-refractivity contribution is 5.79. The molecule has 0 aromatic carbocycles. The first kappa shape index (κ1) is 18.5. The average Bonchev–Trinajstić information content (AvgIpc) is 3.21. The smallest absolute Gasteiger partial charge is 0.193 e. The number of nitrogens with one attached hydrogen (secondary N) is 1. The third-order valence-electron chi connectivity index (χ3n) is 5.40. The lowest BCUT2D eigenvalue weighted by Gasteiger charge is -2.32. The zero-order valence-corrected chi connectivity index (χ0v) is 15.3. The molecule has 0 amide bonds. The number of hydrogen-bond acceptors (Lipinski definition) is 3. The molecule has 0 aromatic heterocycles. The summed E-state index contributed by atoms with van der Waals surface area (Å²) in [6.07, 6.45) is 7.64. The Bertz CT molecular complexity index is 361. The Morgan fingerprint density at radius 1 is 1.39 bits per heavy atom. The van der Waals surface area contributed by atoms with Gasteiger partial charge in [-0.15, -0.1) is 0 Å². The summed E-state index contributed by atoms with van der Waals surface area (Å²) < 4.78 is 11.1. The molecule has 0 aromatic rings. The fraction of sp³-hybridized carbons (Fsp3) is 0.944. The minimum atomic E-state index is 0.391. The first-order valence-corrected chi connectivity index (χ1v) is 9.26. The minimum absolute atomic E-state index is 0.391. The lowest BCUT2D eigenvalue weighted by molar-refractivity contribution is 0.104. The molecule has 23 heavy (non-hydrogen) atoms. The maximum atomic E-state index is 5.61. The van der Waals surface area contributed by atoms with E-state index in [9.17, 15) is 0 Å². The van der Waals surface area contributed by atoms with Crippen LogP contribution in [0.25, 0.3) is 0 Å². The van der Waals surface area contributed by atoms with Crippen molar-refractivity contribution >= 4 is 5.96 Å². The predicted molar refractivity (Wildman–Crippen MR) is 94.9 cm³/mol. The van der Waals surface area contributed by atoms with Crippen molar-refractivity contribution in [2.24, 2.45) is 16.3 Å². The molecule has 0 radical (unpaired) electrons. The molecule has 1 saturated heterocycles. The molecule has 2 rings (SSSR count). The van der Waals surface area contributed by atoms with Gasteiger partial charge in [0.1, 0.15) is 0 Å². The topological polar surface area (TPSA) is 46.1 Å². The van der Waals surface area contributed by atoms with Crippen LogP contribution in [0.5, 0.6) is 0 Å². The molecule has 1 saturated carbocycles. The summed E-state index contributed by atoms with van der Waals surface area (Å²) in [6, 6.07) is 0. The molecule has 0 bridgehead atoms. The van der Waals surface area contributed by atoms with Gasteiger partial charge in [-0.1, -0.05) is 12.8 Å². The van der Waals surface area contributed by atoms with Crippen LogP contribution in [0.1, 0.15) is 45.4 Å². The van der Waals surface area contributed by atoms with Crippen molar-refractivity contribution in [1.29, 1.82) is 0 Å². The Morgan fingerprint density at radius 3 is 2.78 bits per heavy atom. The maximum absolute atomic E-state index is 5.61. The van der Waals surface area contributed by atoms with Crippen LogP contribution in [0.15, 0.2) is 4.99 Å². The summed E-state index contributed by atoms with van der Waals surface area (Å²) in [5.41, 5.74) is 0.391. The number of nitrogens with zero attached hydrogens (tertiary/aromatic N) is 2. The van der Waals surface area contributed by atoms with Crippen molar-refractivity contribution in [2.75, 3.05) is 53.6 Å². The van der Waals surface area contributed by atoms with E-state index in [2.05, 4.69) is 29.2 Å². The van der Waals surface area contributed by atoms with Crippen LogP contribution in [-0.2, 0) is 9.47 Å². The Balaban J connectivity index is 1.82. The highest BCUT2D eigenvalue weighted by Crippen LogP contribution is 2.40. The van der Waals surface area contributed by atoms with Gasteiger partial charge in [0.15, 0.2) is 5.96 Å². The number of rotatable bonds is 8. The van der Waals surface area contributed by atoms with Gasteiger partial charge in [-0.3, -0.25) is 4.99 Å². The van der Waals surface area contributed by atoms with Gasteiger partial charge in [-0.05, 0) is 38.0 Å². The van der Waals surface area contributed by atoms with Crippen molar-refractivity contribution < 1.29 is 9.47 Å². The molecule has 1 heterocycles. The summed E-state index contributed by atoms with van der Waals surface area (Å²) in [5.74, 6) is 1.65. The second kappa shape index (κ2) is 9.48. The summed E-state index contributed by atoms with van der Waals surface area (Å²) in [7, 11) is 4.01. The van der Waals surface area contributed by atoms with E-state index in [1.165, 1.54) is 32.1 Å². The molecular weight excluding hydrogens is 290 g/mol. The highest BCUT2D eigenvalue weighted by atomic mass is 16.5. The monoisotopic (exact) mass is 325 g/mol. The van der Waals surface area contributed by atoms with E-state index in [4.69, 9.17) is 9.47 Å². The van der Waals surface area contributed by atoms with Crippen molar-refractivity contribution in [3.63, 3.8) is 0 Å². The lowest BCUT2D eigenvalue weighted by atomic mass is 9.83. The van der Waals surface area contributed by atoms with E-state index in [0.29, 0.717) is 11.3 Å². The third kappa shape index (κ3) is 5.64. The third-order valence-corrected chi connectivity index (χ3v) is 5.40. The second-order valence-corrected chi connectivity index (χ2v) is 7.16. The normalized spacial score (nSPS) is 24.1. The first-order chi connectivity index (χ1) is 11.2. The van der Waals surface area contributed by atoms with Crippen LogP contribution >= 0.6 is 0 Å². The molecule has 1 unspecified atom stereocenters. The molecule has 5 heteroatoms. The van der Waals surface area contributed by atoms with Crippen LogP contribution in [-0.4, -0.2) is 64.5 Å². The zero-order chi connectivity index (χ0) is 16.5. The SMILES string of the molecule is CCOCCC1(CNC(=NC)N(C)CC2CCOC2)CCCC1. The fourth-order valence-corrected chi connectivity index (χ4v) is 3.93. The van der Waals surface area contributed by atoms with Crippen LogP contribution in [0.3, 0.4) is 0 Å². The molecule has 1 atom stereocenters. The van der Waals surface area contributed by atoms with Gasteiger partial charge in [0.05, 0.1) is 6.61 Å². The Labute approximate surface area is 141 Å². The van der Waals surface area contributed by atoms with Crippen molar-refractivity contribution in [2.45, 2.75) is 45.4 Å². The van der Waals surface area contributed by atoms with E-state index in [-0.39, 0.29) is 0 Å². The largest absolute Gasteiger partial charge is 0.382 e. The Hall–Kier alpha value is -0.810. The van der Waals surface area contributed by atoms with Gasteiger partial charge in [-0.25, -0.2) is 0 Å². The lowest BCUT2D eigenvalue weighted by Crippen LogP contribution is -2.45. The average molecular weight is 325 g/mol. The predicted octanol–water partition coefficient (Wildman–Crippen LogP) is 2.52. The number of hydrogen-bond donors (Lipinski definition) is 1. The molecule has 134 valence electrons. The summed E-state index contributed by atoms with van der Waals surface area (Å²) >= 11 is 0. The van der Waals surface area contributed by atoms with E-state index in [1.54, 1.807) is 0 Å². The zero-order valence-electron chi connectivity index (χ0n) is 15.3. The second-order valence-electron chi connectivity index (χ2n) is 7.16. The van der Waals surface area contributed by atoms with Gasteiger partial charge in [0, 0.05) is 52.9 Å². The number of guanidine groups is 1. The molecular formula is C18H35N3O2. The molecule has 5 nitrogen and oxygen atoms in total. The van der Waals surface area contributed by atoms with Gasteiger partial charge in [-0.2, -0.15) is 0 Å². The highest BCUT2D eigenvalue weighted by Gasteiger charge is 2.33. The van der Waals surface area contributed by atoms with Gasteiger partial charge in [0.2, 0.25) is 0 Å². The van der Waals surface area contributed by atoms with Gasteiger partial charge >= 0.3 is 0 Å². The number of ether oxygens (including phenoxy) is 2.